The van der Waals surface area contributed by atoms with Crippen LogP contribution in [0.25, 0.3) is 0 Å². The Kier molecular flexibility index (Phi) is 2.62. The average Bonchev–Trinajstić information content (AvgIpc) is 2.36. The van der Waals surface area contributed by atoms with Crippen LogP contribution in [0.4, 0.5) is 0 Å². The van der Waals surface area contributed by atoms with Crippen LogP contribution in [0.5, 0.6) is 0 Å². The quantitative estimate of drug-likeness (QED) is 0.639. The lowest BCUT2D eigenvalue weighted by molar-refractivity contribution is 0.134. The Balaban J connectivity index is 2.60. The SMILES string of the molecule is Cn1cc(C(O)CCO)cn1. The molecule has 1 aromatic heterocycles. The van der Waals surface area contributed by atoms with E-state index in [0.717, 1.165) is 5.56 Å². The Morgan fingerprint density at radius 3 is 2.91 bits per heavy atom. The van der Waals surface area contributed by atoms with Crippen LogP contribution in [-0.2, 0) is 7.05 Å². The van der Waals surface area contributed by atoms with E-state index in [2.05, 4.69) is 5.10 Å². The topological polar surface area (TPSA) is 58.3 Å². The third-order valence-corrected chi connectivity index (χ3v) is 1.51. The van der Waals surface area contributed by atoms with Gasteiger partial charge in [0, 0.05) is 31.8 Å². The molecule has 1 aromatic rings. The summed E-state index contributed by atoms with van der Waals surface area (Å²) < 4.78 is 1.62. The van der Waals surface area contributed by atoms with Crippen molar-refractivity contribution in [3.63, 3.8) is 0 Å². The van der Waals surface area contributed by atoms with Gasteiger partial charge >= 0.3 is 0 Å². The van der Waals surface area contributed by atoms with Gasteiger partial charge < -0.3 is 10.2 Å². The van der Waals surface area contributed by atoms with Crippen LogP contribution in [0.3, 0.4) is 0 Å². The molecule has 0 amide bonds. The second-order valence-electron chi connectivity index (χ2n) is 2.48. The summed E-state index contributed by atoms with van der Waals surface area (Å²) in [6, 6.07) is 0. The van der Waals surface area contributed by atoms with Gasteiger partial charge in [0.1, 0.15) is 0 Å². The summed E-state index contributed by atoms with van der Waals surface area (Å²) in [5.41, 5.74) is 0.751. The Morgan fingerprint density at radius 1 is 1.73 bits per heavy atom. The van der Waals surface area contributed by atoms with E-state index in [1.54, 1.807) is 24.1 Å². The molecule has 2 N–H and O–H groups in total. The van der Waals surface area contributed by atoms with Crippen LogP contribution in [-0.4, -0.2) is 26.6 Å². The normalized spacial score (nSPS) is 13.4. The zero-order chi connectivity index (χ0) is 8.27. The maximum absolute atomic E-state index is 9.32. The minimum Gasteiger partial charge on any atom is -0.396 e. The molecule has 0 aliphatic rings. The van der Waals surface area contributed by atoms with Crippen molar-refractivity contribution in [3.05, 3.63) is 18.0 Å². The summed E-state index contributed by atoms with van der Waals surface area (Å²) in [6.07, 6.45) is 3.11. The molecule has 11 heavy (non-hydrogen) atoms. The Hall–Kier alpha value is -0.870. The molecule has 1 unspecified atom stereocenters. The van der Waals surface area contributed by atoms with E-state index in [9.17, 15) is 5.11 Å². The number of aliphatic hydroxyl groups excluding tert-OH is 2. The molecular weight excluding hydrogens is 144 g/mol. The van der Waals surface area contributed by atoms with Crippen molar-refractivity contribution in [1.82, 2.24) is 9.78 Å². The zero-order valence-corrected chi connectivity index (χ0v) is 6.44. The van der Waals surface area contributed by atoms with Crippen molar-refractivity contribution >= 4 is 0 Å². The lowest BCUT2D eigenvalue weighted by Crippen LogP contribution is -1.98. The van der Waals surface area contributed by atoms with Crippen molar-refractivity contribution in [2.24, 2.45) is 7.05 Å². The zero-order valence-electron chi connectivity index (χ0n) is 6.44. The van der Waals surface area contributed by atoms with Crippen LogP contribution in [0, 0.1) is 0 Å². The van der Waals surface area contributed by atoms with Gasteiger partial charge in [-0.15, -0.1) is 0 Å². The molecule has 1 rings (SSSR count). The molecule has 1 heterocycles. The highest BCUT2D eigenvalue weighted by atomic mass is 16.3. The molecule has 0 saturated heterocycles. The number of aliphatic hydroxyl groups is 2. The van der Waals surface area contributed by atoms with Gasteiger partial charge in [-0.05, 0) is 0 Å². The van der Waals surface area contributed by atoms with Crippen LogP contribution in [0.2, 0.25) is 0 Å². The number of aromatic nitrogens is 2. The minimum atomic E-state index is -0.589. The van der Waals surface area contributed by atoms with Gasteiger partial charge in [0.25, 0.3) is 0 Å². The molecule has 4 heteroatoms. The molecule has 1 atom stereocenters. The lowest BCUT2D eigenvalue weighted by atomic mass is 10.1. The number of nitrogens with zero attached hydrogens (tertiary/aromatic N) is 2. The molecule has 0 bridgehead atoms. The van der Waals surface area contributed by atoms with E-state index in [4.69, 9.17) is 5.11 Å². The Labute approximate surface area is 65.1 Å². The first-order valence-corrected chi connectivity index (χ1v) is 3.51. The maximum atomic E-state index is 9.32. The second-order valence-corrected chi connectivity index (χ2v) is 2.48. The van der Waals surface area contributed by atoms with E-state index in [1.165, 1.54) is 0 Å². The van der Waals surface area contributed by atoms with Crippen molar-refractivity contribution in [2.75, 3.05) is 6.61 Å². The smallest absolute Gasteiger partial charge is 0.0842 e. The fourth-order valence-corrected chi connectivity index (χ4v) is 0.901. The predicted molar refractivity (Wildman–Crippen MR) is 39.9 cm³/mol. The molecule has 0 fully saturated rings. The van der Waals surface area contributed by atoms with Crippen molar-refractivity contribution in [1.29, 1.82) is 0 Å². The van der Waals surface area contributed by atoms with Gasteiger partial charge in [-0.2, -0.15) is 5.10 Å². The van der Waals surface area contributed by atoms with Crippen molar-refractivity contribution in [2.45, 2.75) is 12.5 Å². The third kappa shape index (κ3) is 2.03. The van der Waals surface area contributed by atoms with Gasteiger partial charge in [0.15, 0.2) is 0 Å². The number of aryl methyl sites for hydroxylation is 1. The highest BCUT2D eigenvalue weighted by Gasteiger charge is 2.07. The first-order chi connectivity index (χ1) is 5.24. The van der Waals surface area contributed by atoms with E-state index in [0.29, 0.717) is 6.42 Å². The van der Waals surface area contributed by atoms with E-state index >= 15 is 0 Å². The predicted octanol–water partition coefficient (Wildman–Crippen LogP) is -0.164. The molecule has 0 aliphatic heterocycles. The molecule has 0 saturated carbocycles. The van der Waals surface area contributed by atoms with Crippen molar-refractivity contribution in [3.8, 4) is 0 Å². The Bertz CT molecular complexity index is 222. The molecule has 0 aromatic carbocycles. The fraction of sp³-hybridized carbons (Fsp3) is 0.571. The molecule has 62 valence electrons. The minimum absolute atomic E-state index is 0.00391. The highest BCUT2D eigenvalue weighted by molar-refractivity contribution is 5.07. The fourth-order valence-electron chi connectivity index (χ4n) is 0.901. The average molecular weight is 156 g/mol. The summed E-state index contributed by atoms with van der Waals surface area (Å²) in [6.45, 7) is -0.00391. The van der Waals surface area contributed by atoms with Crippen molar-refractivity contribution < 1.29 is 10.2 Å². The molecule has 0 radical (unpaired) electrons. The number of hydrogen-bond acceptors (Lipinski definition) is 3. The van der Waals surface area contributed by atoms with Crippen LogP contribution < -0.4 is 0 Å². The van der Waals surface area contributed by atoms with E-state index < -0.39 is 6.10 Å². The molecule has 4 nitrogen and oxygen atoms in total. The third-order valence-electron chi connectivity index (χ3n) is 1.51. The Morgan fingerprint density at radius 2 is 2.45 bits per heavy atom. The highest BCUT2D eigenvalue weighted by Crippen LogP contribution is 2.13. The van der Waals surface area contributed by atoms with Gasteiger partial charge in [-0.3, -0.25) is 4.68 Å². The van der Waals surface area contributed by atoms with Gasteiger partial charge in [-0.25, -0.2) is 0 Å². The molecule has 0 aliphatic carbocycles. The van der Waals surface area contributed by atoms with E-state index in [-0.39, 0.29) is 6.61 Å². The summed E-state index contributed by atoms with van der Waals surface area (Å²) in [5.74, 6) is 0. The monoisotopic (exact) mass is 156 g/mol. The first kappa shape index (κ1) is 8.23. The molecular formula is C7H12N2O2. The lowest BCUT2D eigenvalue weighted by Gasteiger charge is -2.03. The standard InChI is InChI=1S/C7H12N2O2/c1-9-5-6(4-8-9)7(11)2-3-10/h4-5,7,10-11H,2-3H2,1H3. The summed E-state index contributed by atoms with van der Waals surface area (Å²) in [7, 11) is 1.79. The summed E-state index contributed by atoms with van der Waals surface area (Å²) in [4.78, 5) is 0. The molecule has 0 spiro atoms. The van der Waals surface area contributed by atoms with Gasteiger partial charge in [-0.1, -0.05) is 0 Å². The first-order valence-electron chi connectivity index (χ1n) is 3.51. The van der Waals surface area contributed by atoms with Crippen LogP contribution in [0.1, 0.15) is 18.1 Å². The van der Waals surface area contributed by atoms with Crippen LogP contribution >= 0.6 is 0 Å². The van der Waals surface area contributed by atoms with E-state index in [1.807, 2.05) is 0 Å². The maximum Gasteiger partial charge on any atom is 0.0842 e. The summed E-state index contributed by atoms with van der Waals surface area (Å²) in [5, 5.41) is 21.7. The summed E-state index contributed by atoms with van der Waals surface area (Å²) >= 11 is 0. The second kappa shape index (κ2) is 3.50. The van der Waals surface area contributed by atoms with Crippen LogP contribution in [0.15, 0.2) is 12.4 Å². The van der Waals surface area contributed by atoms with Gasteiger partial charge in [0.2, 0.25) is 0 Å². The van der Waals surface area contributed by atoms with Gasteiger partial charge in [0.05, 0.1) is 12.3 Å². The number of rotatable bonds is 3. The largest absolute Gasteiger partial charge is 0.396 e. The number of hydrogen-bond donors (Lipinski definition) is 2.